The van der Waals surface area contributed by atoms with Gasteiger partial charge in [-0.1, -0.05) is 0 Å². The number of benzene rings is 1. The summed E-state index contributed by atoms with van der Waals surface area (Å²) in [5.41, 5.74) is 1.27. The van der Waals surface area contributed by atoms with Crippen molar-refractivity contribution in [3.63, 3.8) is 0 Å². The number of aromatic nitrogens is 1. The number of carbonyl (C=O) groups excluding carboxylic acids is 1. The third-order valence-corrected chi connectivity index (χ3v) is 3.91. The van der Waals surface area contributed by atoms with Crippen LogP contribution in [0.1, 0.15) is 16.8 Å². The average Bonchev–Trinajstić information content (AvgIpc) is 3.03. The van der Waals surface area contributed by atoms with E-state index in [9.17, 15) is 9.18 Å². The molecule has 23 heavy (non-hydrogen) atoms. The topological polar surface area (TPSA) is 54.5 Å². The number of rotatable bonds is 4. The van der Waals surface area contributed by atoms with Crippen LogP contribution >= 0.6 is 0 Å². The van der Waals surface area contributed by atoms with E-state index in [1.54, 1.807) is 23.4 Å². The number of nitrogens with zero attached hydrogens (tertiary/aromatic N) is 2. The SMILES string of the molecule is COc1ccc(C(=O)N2CCC(Nc3cccnc3)C2)cc1F. The van der Waals surface area contributed by atoms with Crippen molar-refractivity contribution in [2.24, 2.45) is 0 Å². The Balaban J connectivity index is 1.64. The van der Waals surface area contributed by atoms with Crippen LogP contribution in [-0.4, -0.2) is 42.0 Å². The van der Waals surface area contributed by atoms with Crippen molar-refractivity contribution in [2.45, 2.75) is 12.5 Å². The lowest BCUT2D eigenvalue weighted by Crippen LogP contribution is -2.31. The normalized spacial score (nSPS) is 17.1. The van der Waals surface area contributed by atoms with Crippen molar-refractivity contribution in [1.82, 2.24) is 9.88 Å². The summed E-state index contributed by atoms with van der Waals surface area (Å²) in [4.78, 5) is 18.3. The largest absolute Gasteiger partial charge is 0.494 e. The summed E-state index contributed by atoms with van der Waals surface area (Å²) in [6.45, 7) is 1.23. The molecule has 1 amide bonds. The lowest BCUT2D eigenvalue weighted by atomic mass is 10.2. The minimum absolute atomic E-state index is 0.138. The molecule has 2 aromatic rings. The molecular formula is C17H18FN3O2. The van der Waals surface area contributed by atoms with Gasteiger partial charge in [-0.25, -0.2) is 4.39 Å². The summed E-state index contributed by atoms with van der Waals surface area (Å²) >= 11 is 0. The zero-order valence-electron chi connectivity index (χ0n) is 12.8. The Kier molecular flexibility index (Phi) is 4.41. The zero-order valence-corrected chi connectivity index (χ0v) is 12.8. The first-order valence-corrected chi connectivity index (χ1v) is 7.47. The van der Waals surface area contributed by atoms with E-state index in [4.69, 9.17) is 4.74 Å². The average molecular weight is 315 g/mol. The van der Waals surface area contributed by atoms with Gasteiger partial charge in [-0.15, -0.1) is 0 Å². The lowest BCUT2D eigenvalue weighted by molar-refractivity contribution is 0.0791. The molecule has 1 unspecified atom stereocenters. The molecule has 1 aromatic carbocycles. The van der Waals surface area contributed by atoms with Crippen LogP contribution in [0.2, 0.25) is 0 Å². The highest BCUT2D eigenvalue weighted by atomic mass is 19.1. The van der Waals surface area contributed by atoms with Crippen molar-refractivity contribution in [3.8, 4) is 5.75 Å². The molecule has 0 spiro atoms. The van der Waals surface area contributed by atoms with E-state index < -0.39 is 5.82 Å². The molecule has 1 aliphatic heterocycles. The number of hydrogen-bond acceptors (Lipinski definition) is 4. The molecule has 2 heterocycles. The Morgan fingerprint density at radius 2 is 2.30 bits per heavy atom. The molecule has 1 aromatic heterocycles. The van der Waals surface area contributed by atoms with Crippen molar-refractivity contribution >= 4 is 11.6 Å². The number of pyridine rings is 1. The number of amides is 1. The second-order valence-electron chi connectivity index (χ2n) is 5.47. The minimum atomic E-state index is -0.525. The Bertz CT molecular complexity index is 693. The molecule has 0 saturated carbocycles. The van der Waals surface area contributed by atoms with Crippen LogP contribution in [0.5, 0.6) is 5.75 Å². The molecule has 0 aliphatic carbocycles. The summed E-state index contributed by atoms with van der Waals surface area (Å²) in [5.74, 6) is -0.552. The molecule has 1 fully saturated rings. The fourth-order valence-corrected chi connectivity index (χ4v) is 2.73. The summed E-state index contributed by atoms with van der Waals surface area (Å²) in [5, 5.41) is 3.36. The number of hydrogen-bond donors (Lipinski definition) is 1. The van der Waals surface area contributed by atoms with Gasteiger partial charge in [0.2, 0.25) is 0 Å². The van der Waals surface area contributed by atoms with Crippen LogP contribution in [-0.2, 0) is 0 Å². The zero-order chi connectivity index (χ0) is 16.2. The van der Waals surface area contributed by atoms with Crippen molar-refractivity contribution in [2.75, 3.05) is 25.5 Å². The lowest BCUT2D eigenvalue weighted by Gasteiger charge is -2.18. The number of nitrogens with one attached hydrogen (secondary N) is 1. The minimum Gasteiger partial charge on any atom is -0.494 e. The van der Waals surface area contributed by atoms with Crippen LogP contribution in [0.15, 0.2) is 42.7 Å². The predicted molar refractivity (Wildman–Crippen MR) is 85.1 cm³/mol. The standard InChI is InChI=1S/C17H18FN3O2/c1-23-16-5-4-12(9-15(16)18)17(22)21-8-6-14(11-21)20-13-3-2-7-19-10-13/h2-5,7,9-10,14,20H,6,8,11H2,1H3. The van der Waals surface area contributed by atoms with Gasteiger partial charge in [-0.2, -0.15) is 0 Å². The molecule has 3 rings (SSSR count). The van der Waals surface area contributed by atoms with Gasteiger partial charge in [0.05, 0.1) is 12.8 Å². The van der Waals surface area contributed by atoms with Crippen molar-refractivity contribution < 1.29 is 13.9 Å². The van der Waals surface area contributed by atoms with Gasteiger partial charge in [0, 0.05) is 37.1 Å². The van der Waals surface area contributed by atoms with Gasteiger partial charge in [-0.05, 0) is 36.8 Å². The molecule has 6 heteroatoms. The van der Waals surface area contributed by atoms with Gasteiger partial charge in [-0.3, -0.25) is 9.78 Å². The highest BCUT2D eigenvalue weighted by Crippen LogP contribution is 2.21. The maximum Gasteiger partial charge on any atom is 0.254 e. The fraction of sp³-hybridized carbons (Fsp3) is 0.294. The second kappa shape index (κ2) is 6.64. The van der Waals surface area contributed by atoms with Crippen LogP contribution in [0, 0.1) is 5.82 Å². The second-order valence-corrected chi connectivity index (χ2v) is 5.47. The number of methoxy groups -OCH3 is 1. The Morgan fingerprint density at radius 1 is 1.43 bits per heavy atom. The van der Waals surface area contributed by atoms with Crippen LogP contribution < -0.4 is 10.1 Å². The molecule has 0 bridgehead atoms. The van der Waals surface area contributed by atoms with E-state index in [0.717, 1.165) is 12.1 Å². The summed E-state index contributed by atoms with van der Waals surface area (Å²) < 4.78 is 18.6. The molecule has 1 atom stereocenters. The van der Waals surface area contributed by atoms with Crippen molar-refractivity contribution in [1.29, 1.82) is 0 Å². The van der Waals surface area contributed by atoms with Gasteiger partial charge in [0.25, 0.3) is 5.91 Å². The molecule has 1 aliphatic rings. The van der Waals surface area contributed by atoms with E-state index >= 15 is 0 Å². The number of anilines is 1. The van der Waals surface area contributed by atoms with E-state index in [-0.39, 0.29) is 17.7 Å². The maximum absolute atomic E-state index is 13.7. The molecule has 1 saturated heterocycles. The van der Waals surface area contributed by atoms with Crippen LogP contribution in [0.3, 0.4) is 0 Å². The van der Waals surface area contributed by atoms with E-state index in [2.05, 4.69) is 10.3 Å². The molecule has 0 radical (unpaired) electrons. The highest BCUT2D eigenvalue weighted by molar-refractivity contribution is 5.94. The van der Waals surface area contributed by atoms with E-state index in [0.29, 0.717) is 18.7 Å². The first-order chi connectivity index (χ1) is 11.2. The number of carbonyl (C=O) groups is 1. The monoisotopic (exact) mass is 315 g/mol. The third-order valence-electron chi connectivity index (χ3n) is 3.91. The molecular weight excluding hydrogens is 297 g/mol. The number of ether oxygens (including phenoxy) is 1. The summed E-state index contributed by atoms with van der Waals surface area (Å²) in [6, 6.07) is 8.27. The van der Waals surface area contributed by atoms with Gasteiger partial charge >= 0.3 is 0 Å². The fourth-order valence-electron chi connectivity index (χ4n) is 2.73. The third kappa shape index (κ3) is 3.41. The highest BCUT2D eigenvalue weighted by Gasteiger charge is 2.27. The van der Waals surface area contributed by atoms with Gasteiger partial charge < -0.3 is 15.0 Å². The van der Waals surface area contributed by atoms with Crippen LogP contribution in [0.4, 0.5) is 10.1 Å². The van der Waals surface area contributed by atoms with Gasteiger partial charge in [0.15, 0.2) is 11.6 Å². The summed E-state index contributed by atoms with van der Waals surface area (Å²) in [7, 11) is 1.40. The van der Waals surface area contributed by atoms with Crippen LogP contribution in [0.25, 0.3) is 0 Å². The van der Waals surface area contributed by atoms with E-state index in [1.165, 1.54) is 19.2 Å². The quantitative estimate of drug-likeness (QED) is 0.942. The number of halogens is 1. The number of likely N-dealkylation sites (tertiary alicyclic amines) is 1. The van der Waals surface area contributed by atoms with Gasteiger partial charge in [0.1, 0.15) is 0 Å². The Hall–Kier alpha value is -2.63. The molecule has 120 valence electrons. The first kappa shape index (κ1) is 15.3. The van der Waals surface area contributed by atoms with Crippen molar-refractivity contribution in [3.05, 3.63) is 54.1 Å². The smallest absolute Gasteiger partial charge is 0.254 e. The summed E-state index contributed by atoms with van der Waals surface area (Å²) in [6.07, 6.45) is 4.32. The predicted octanol–water partition coefficient (Wildman–Crippen LogP) is 2.56. The maximum atomic E-state index is 13.7. The molecule has 1 N–H and O–H groups in total. The van der Waals surface area contributed by atoms with E-state index in [1.807, 2.05) is 12.1 Å². The molecule has 5 nitrogen and oxygen atoms in total. The Morgan fingerprint density at radius 3 is 3.00 bits per heavy atom. The Labute approximate surface area is 134 Å². The first-order valence-electron chi connectivity index (χ1n) is 7.47.